The molecule has 0 saturated carbocycles. The molecule has 2 amide bonds. The fourth-order valence-corrected chi connectivity index (χ4v) is 2.41. The fraction of sp³-hybridized carbons (Fsp3) is 0.235. The minimum atomic E-state index is -0.358. The van der Waals surface area contributed by atoms with Crippen molar-refractivity contribution in [3.8, 4) is 0 Å². The number of carbonyl (C=O) groups excluding carboxylic acids is 2. The largest absolute Gasteiger partial charge is 0.339 e. The van der Waals surface area contributed by atoms with Gasteiger partial charge in [-0.3, -0.25) is 9.59 Å². The number of anilines is 1. The van der Waals surface area contributed by atoms with Gasteiger partial charge < -0.3 is 10.2 Å². The number of benzene rings is 1. The number of carbonyl (C=O) groups is 2. The van der Waals surface area contributed by atoms with Gasteiger partial charge >= 0.3 is 0 Å². The average molecular weight is 366 g/mol. The SMILES string of the molecule is CCN(CC)C(=O)c1ccc(NC(=O)c2cnc(Cl)c(Cl)c2)cc1. The summed E-state index contributed by atoms with van der Waals surface area (Å²) in [5, 5.41) is 3.08. The molecule has 1 aromatic heterocycles. The first-order valence-corrected chi connectivity index (χ1v) is 8.23. The molecular weight excluding hydrogens is 349 g/mol. The molecule has 0 radical (unpaired) electrons. The molecule has 0 atom stereocenters. The number of rotatable bonds is 5. The minimum absolute atomic E-state index is 0.0356. The molecule has 0 fully saturated rings. The summed E-state index contributed by atoms with van der Waals surface area (Å²) < 4.78 is 0. The van der Waals surface area contributed by atoms with Crippen molar-refractivity contribution in [2.45, 2.75) is 13.8 Å². The molecule has 0 aliphatic rings. The lowest BCUT2D eigenvalue weighted by molar-refractivity contribution is 0.0773. The van der Waals surface area contributed by atoms with Crippen LogP contribution in [0.25, 0.3) is 0 Å². The van der Waals surface area contributed by atoms with Crippen molar-refractivity contribution in [2.75, 3.05) is 18.4 Å². The summed E-state index contributed by atoms with van der Waals surface area (Å²) in [6, 6.07) is 8.18. The Morgan fingerprint density at radius 1 is 1.08 bits per heavy atom. The Bertz CT molecular complexity index is 744. The van der Waals surface area contributed by atoms with Crippen LogP contribution in [0.1, 0.15) is 34.6 Å². The fourth-order valence-electron chi connectivity index (χ4n) is 2.14. The zero-order valence-electron chi connectivity index (χ0n) is 13.3. The summed E-state index contributed by atoms with van der Waals surface area (Å²) >= 11 is 11.6. The predicted octanol–water partition coefficient (Wildman–Crippen LogP) is 4.12. The number of nitrogens with one attached hydrogen (secondary N) is 1. The highest BCUT2D eigenvalue weighted by Crippen LogP contribution is 2.20. The Labute approximate surface area is 150 Å². The number of hydrogen-bond acceptors (Lipinski definition) is 3. The quantitative estimate of drug-likeness (QED) is 0.810. The van der Waals surface area contributed by atoms with E-state index in [1.54, 1.807) is 29.2 Å². The lowest BCUT2D eigenvalue weighted by atomic mass is 10.1. The molecule has 1 N–H and O–H groups in total. The molecule has 24 heavy (non-hydrogen) atoms. The van der Waals surface area contributed by atoms with E-state index in [4.69, 9.17) is 23.2 Å². The molecular formula is C17H17Cl2N3O2. The summed E-state index contributed by atoms with van der Waals surface area (Å²) in [4.78, 5) is 30.0. The van der Waals surface area contributed by atoms with E-state index in [1.807, 2.05) is 13.8 Å². The molecule has 0 spiro atoms. The highest BCUT2D eigenvalue weighted by molar-refractivity contribution is 6.41. The van der Waals surface area contributed by atoms with Gasteiger partial charge in [0.1, 0.15) is 5.15 Å². The molecule has 126 valence electrons. The van der Waals surface area contributed by atoms with Gasteiger partial charge in [-0.05, 0) is 44.2 Å². The first-order chi connectivity index (χ1) is 11.5. The normalized spacial score (nSPS) is 10.3. The first kappa shape index (κ1) is 18.2. The van der Waals surface area contributed by atoms with E-state index in [0.29, 0.717) is 29.9 Å². The minimum Gasteiger partial charge on any atom is -0.339 e. The molecule has 0 saturated heterocycles. The number of halogens is 2. The Kier molecular flexibility index (Phi) is 6.17. The van der Waals surface area contributed by atoms with Crippen molar-refractivity contribution in [3.63, 3.8) is 0 Å². The van der Waals surface area contributed by atoms with Crippen LogP contribution in [-0.4, -0.2) is 34.8 Å². The van der Waals surface area contributed by atoms with E-state index < -0.39 is 0 Å². The lowest BCUT2D eigenvalue weighted by Gasteiger charge is -2.18. The second-order valence-electron chi connectivity index (χ2n) is 5.01. The van der Waals surface area contributed by atoms with Crippen LogP contribution >= 0.6 is 23.2 Å². The summed E-state index contributed by atoms with van der Waals surface area (Å²) in [5.74, 6) is -0.393. The number of hydrogen-bond donors (Lipinski definition) is 1. The van der Waals surface area contributed by atoms with Crippen molar-refractivity contribution in [2.24, 2.45) is 0 Å². The van der Waals surface area contributed by atoms with Crippen LogP contribution in [-0.2, 0) is 0 Å². The lowest BCUT2D eigenvalue weighted by Crippen LogP contribution is -2.30. The van der Waals surface area contributed by atoms with Crippen LogP contribution in [0.3, 0.4) is 0 Å². The highest BCUT2D eigenvalue weighted by atomic mass is 35.5. The van der Waals surface area contributed by atoms with Crippen molar-refractivity contribution in [1.82, 2.24) is 9.88 Å². The van der Waals surface area contributed by atoms with E-state index in [2.05, 4.69) is 10.3 Å². The molecule has 2 rings (SSSR count). The van der Waals surface area contributed by atoms with Crippen LogP contribution in [0.4, 0.5) is 5.69 Å². The van der Waals surface area contributed by atoms with Gasteiger partial charge in [0.05, 0.1) is 10.6 Å². The predicted molar refractivity (Wildman–Crippen MR) is 95.9 cm³/mol. The van der Waals surface area contributed by atoms with Crippen molar-refractivity contribution < 1.29 is 9.59 Å². The highest BCUT2D eigenvalue weighted by Gasteiger charge is 2.13. The van der Waals surface area contributed by atoms with Gasteiger partial charge in [-0.15, -0.1) is 0 Å². The van der Waals surface area contributed by atoms with E-state index in [1.165, 1.54) is 12.3 Å². The van der Waals surface area contributed by atoms with Crippen molar-refractivity contribution >= 4 is 40.7 Å². The van der Waals surface area contributed by atoms with Gasteiger partial charge in [0.15, 0.2) is 0 Å². The Balaban J connectivity index is 2.09. The third-order valence-corrected chi connectivity index (χ3v) is 4.18. The monoisotopic (exact) mass is 365 g/mol. The smallest absolute Gasteiger partial charge is 0.257 e. The van der Waals surface area contributed by atoms with Crippen LogP contribution in [0.2, 0.25) is 10.2 Å². The molecule has 0 aliphatic heterocycles. The second kappa shape index (κ2) is 8.13. The van der Waals surface area contributed by atoms with E-state index in [9.17, 15) is 9.59 Å². The molecule has 1 heterocycles. The number of aromatic nitrogens is 1. The van der Waals surface area contributed by atoms with Gasteiger partial charge in [0.25, 0.3) is 11.8 Å². The van der Waals surface area contributed by atoms with Gasteiger partial charge in [0.2, 0.25) is 0 Å². The first-order valence-electron chi connectivity index (χ1n) is 7.48. The summed E-state index contributed by atoms with van der Waals surface area (Å²) in [5.41, 5.74) is 1.45. The summed E-state index contributed by atoms with van der Waals surface area (Å²) in [6.45, 7) is 5.17. The summed E-state index contributed by atoms with van der Waals surface area (Å²) in [7, 11) is 0. The zero-order chi connectivity index (χ0) is 17.7. The standard InChI is InChI=1S/C17H17Cl2N3O2/c1-3-22(4-2)17(24)11-5-7-13(8-6-11)21-16(23)12-9-14(18)15(19)20-10-12/h5-10H,3-4H2,1-2H3,(H,21,23). The molecule has 0 bridgehead atoms. The maximum absolute atomic E-state index is 12.2. The van der Waals surface area contributed by atoms with Crippen molar-refractivity contribution in [3.05, 3.63) is 57.8 Å². The maximum Gasteiger partial charge on any atom is 0.257 e. The van der Waals surface area contributed by atoms with Crippen molar-refractivity contribution in [1.29, 1.82) is 0 Å². The van der Waals surface area contributed by atoms with E-state index in [-0.39, 0.29) is 22.0 Å². The number of pyridine rings is 1. The maximum atomic E-state index is 12.2. The van der Waals surface area contributed by atoms with Crippen LogP contribution in [0.5, 0.6) is 0 Å². The van der Waals surface area contributed by atoms with E-state index >= 15 is 0 Å². The third kappa shape index (κ3) is 4.24. The van der Waals surface area contributed by atoms with Gasteiger partial charge in [-0.25, -0.2) is 4.98 Å². The van der Waals surface area contributed by atoms with Gasteiger partial charge in [-0.1, -0.05) is 23.2 Å². The van der Waals surface area contributed by atoms with Gasteiger partial charge in [0, 0.05) is 30.5 Å². The average Bonchev–Trinajstić information content (AvgIpc) is 2.59. The zero-order valence-corrected chi connectivity index (χ0v) is 14.9. The Hall–Kier alpha value is -2.11. The third-order valence-electron chi connectivity index (χ3n) is 3.50. The number of nitrogens with zero attached hydrogens (tertiary/aromatic N) is 2. The Morgan fingerprint density at radius 3 is 2.25 bits per heavy atom. The van der Waals surface area contributed by atoms with Gasteiger partial charge in [-0.2, -0.15) is 0 Å². The molecule has 7 heteroatoms. The summed E-state index contributed by atoms with van der Waals surface area (Å²) in [6.07, 6.45) is 1.35. The van der Waals surface area contributed by atoms with Crippen LogP contribution in [0.15, 0.2) is 36.5 Å². The molecule has 0 unspecified atom stereocenters. The molecule has 5 nitrogen and oxygen atoms in total. The molecule has 2 aromatic rings. The Morgan fingerprint density at radius 2 is 1.71 bits per heavy atom. The second-order valence-corrected chi connectivity index (χ2v) is 5.77. The van der Waals surface area contributed by atoms with Crippen LogP contribution in [0, 0.1) is 0 Å². The van der Waals surface area contributed by atoms with Crippen LogP contribution < -0.4 is 5.32 Å². The molecule has 0 aliphatic carbocycles. The number of amides is 2. The molecule has 1 aromatic carbocycles. The topological polar surface area (TPSA) is 62.3 Å². The van der Waals surface area contributed by atoms with E-state index in [0.717, 1.165) is 0 Å².